The number of methoxy groups -OCH3 is 2. The van der Waals surface area contributed by atoms with Gasteiger partial charge in [-0.05, 0) is 47.5 Å². The van der Waals surface area contributed by atoms with E-state index in [0.717, 1.165) is 5.56 Å². The first-order valence-electron chi connectivity index (χ1n) is 14.5. The Labute approximate surface area is 297 Å². The summed E-state index contributed by atoms with van der Waals surface area (Å²) >= 11 is 23.7. The maximum Gasteiger partial charge on any atom is 0.338 e. The molecule has 0 aliphatic carbocycles. The number of alkyl halides is 4. The average molecular weight is 745 g/mol. The number of benzene rings is 3. The number of hydrogen-bond donors (Lipinski definition) is 1. The summed E-state index contributed by atoms with van der Waals surface area (Å²) in [6.45, 7) is -0.0781. The summed E-state index contributed by atoms with van der Waals surface area (Å²) in [7, 11) is 3.10. The molecule has 3 aromatic carbocycles. The molecule has 3 aromatic rings. The van der Waals surface area contributed by atoms with Crippen LogP contribution < -0.4 is 9.47 Å². The predicted molar refractivity (Wildman–Crippen MR) is 178 cm³/mol. The fourth-order valence-electron chi connectivity index (χ4n) is 4.63. The van der Waals surface area contributed by atoms with Crippen molar-refractivity contribution in [2.75, 3.05) is 26.7 Å². The molecule has 0 saturated carbocycles. The predicted octanol–water partition coefficient (Wildman–Crippen LogP) is 6.27. The quantitative estimate of drug-likeness (QED) is 0.0872. The molecule has 1 heterocycles. The third-order valence-electron chi connectivity index (χ3n) is 7.02. The highest BCUT2D eigenvalue weighted by molar-refractivity contribution is 6.76. The summed E-state index contributed by atoms with van der Waals surface area (Å²) in [5.74, 6) is -1.60. The minimum atomic E-state index is -2.29. The Morgan fingerprint density at radius 2 is 1.35 bits per heavy atom. The first kappa shape index (κ1) is 37.5. The van der Waals surface area contributed by atoms with Gasteiger partial charge in [-0.3, -0.25) is 10.2 Å². The largest absolute Gasteiger partial charge is 0.497 e. The SMILES string of the molecule is COc1ccc(COC[C@H]2O[C@@H](OC(=N)C(Cl)(Cl)Cl)[C@H](OC(=O)c3ccccc3)[C@@H](OCc3ccc(OC)cc3)[C@@H]2OC(=O)CCl)cc1. The second-order valence-electron chi connectivity index (χ2n) is 10.3. The average Bonchev–Trinajstić information content (AvgIpc) is 3.09. The molecular weight excluding hydrogens is 712 g/mol. The molecule has 0 spiro atoms. The van der Waals surface area contributed by atoms with E-state index >= 15 is 0 Å². The Balaban J connectivity index is 1.69. The van der Waals surface area contributed by atoms with E-state index in [0.29, 0.717) is 17.1 Å². The van der Waals surface area contributed by atoms with Crippen LogP contribution in [0.25, 0.3) is 0 Å². The van der Waals surface area contributed by atoms with Gasteiger partial charge in [0, 0.05) is 0 Å². The first-order valence-corrected chi connectivity index (χ1v) is 16.1. The minimum absolute atomic E-state index is 0.0446. The number of carbonyl (C=O) groups excluding carboxylic acids is 2. The van der Waals surface area contributed by atoms with Crippen molar-refractivity contribution in [3.8, 4) is 11.5 Å². The molecule has 15 heteroatoms. The van der Waals surface area contributed by atoms with Crippen molar-refractivity contribution in [2.45, 2.75) is 47.7 Å². The van der Waals surface area contributed by atoms with Crippen LogP contribution in [0.3, 0.4) is 0 Å². The van der Waals surface area contributed by atoms with E-state index in [9.17, 15) is 9.59 Å². The topological polar surface area (TPSA) is 132 Å². The van der Waals surface area contributed by atoms with E-state index in [4.69, 9.17) is 89.7 Å². The van der Waals surface area contributed by atoms with Crippen molar-refractivity contribution in [1.29, 1.82) is 5.41 Å². The summed E-state index contributed by atoms with van der Waals surface area (Å²) in [6.07, 6.45) is -6.66. The van der Waals surface area contributed by atoms with Crippen LogP contribution in [0, 0.1) is 5.41 Å². The van der Waals surface area contributed by atoms with Crippen LogP contribution in [0.1, 0.15) is 21.5 Å². The molecule has 1 fully saturated rings. The van der Waals surface area contributed by atoms with Gasteiger partial charge in [0.2, 0.25) is 12.2 Å². The molecule has 1 saturated heterocycles. The van der Waals surface area contributed by atoms with Crippen LogP contribution in [0.15, 0.2) is 78.9 Å². The summed E-state index contributed by atoms with van der Waals surface area (Å²) in [4.78, 5) is 26.0. The van der Waals surface area contributed by atoms with Crippen LogP contribution in [0.5, 0.6) is 11.5 Å². The van der Waals surface area contributed by atoms with Crippen molar-refractivity contribution >= 4 is 64.2 Å². The summed E-state index contributed by atoms with van der Waals surface area (Å²) in [5, 5.41) is 8.26. The van der Waals surface area contributed by atoms with Gasteiger partial charge in [-0.25, -0.2) is 4.79 Å². The molecule has 48 heavy (non-hydrogen) atoms. The molecule has 258 valence electrons. The lowest BCUT2D eigenvalue weighted by Gasteiger charge is -2.45. The normalized spacial score (nSPS) is 20.8. The van der Waals surface area contributed by atoms with Crippen LogP contribution in [-0.2, 0) is 46.4 Å². The Hall–Kier alpha value is -3.29. The summed E-state index contributed by atoms with van der Waals surface area (Å²) in [6, 6.07) is 22.3. The van der Waals surface area contributed by atoms with E-state index in [1.54, 1.807) is 80.9 Å². The van der Waals surface area contributed by atoms with Gasteiger partial charge in [0.15, 0.2) is 12.2 Å². The number of nitrogens with one attached hydrogen (secondary N) is 1. The number of halogens is 4. The monoisotopic (exact) mass is 743 g/mol. The molecule has 0 amide bonds. The molecule has 0 bridgehead atoms. The van der Waals surface area contributed by atoms with Gasteiger partial charge in [0.1, 0.15) is 29.6 Å². The zero-order valence-electron chi connectivity index (χ0n) is 25.8. The third-order valence-corrected chi connectivity index (χ3v) is 7.76. The summed E-state index contributed by atoms with van der Waals surface area (Å²) < 4.78 is 43.9. The summed E-state index contributed by atoms with van der Waals surface area (Å²) in [5.41, 5.74) is 1.71. The second kappa shape index (κ2) is 17.9. The van der Waals surface area contributed by atoms with Gasteiger partial charge >= 0.3 is 11.9 Å². The number of hydrogen-bond acceptors (Lipinski definition) is 11. The molecule has 1 aliphatic heterocycles. The van der Waals surface area contributed by atoms with Crippen molar-refractivity contribution < 1.29 is 47.5 Å². The van der Waals surface area contributed by atoms with E-state index in [2.05, 4.69) is 0 Å². The first-order chi connectivity index (χ1) is 23.0. The van der Waals surface area contributed by atoms with E-state index < -0.39 is 58.2 Å². The van der Waals surface area contributed by atoms with Crippen molar-refractivity contribution in [3.63, 3.8) is 0 Å². The Kier molecular flexibility index (Phi) is 14.0. The lowest BCUT2D eigenvalue weighted by molar-refractivity contribution is -0.295. The molecule has 11 nitrogen and oxygen atoms in total. The van der Waals surface area contributed by atoms with Crippen LogP contribution in [0.2, 0.25) is 0 Å². The van der Waals surface area contributed by atoms with E-state index in [-0.39, 0.29) is 25.4 Å². The number of rotatable bonds is 14. The maximum atomic E-state index is 13.4. The lowest BCUT2D eigenvalue weighted by atomic mass is 9.97. The highest BCUT2D eigenvalue weighted by Gasteiger charge is 2.53. The molecule has 1 aliphatic rings. The highest BCUT2D eigenvalue weighted by atomic mass is 35.6. The fourth-order valence-corrected chi connectivity index (χ4v) is 4.82. The molecule has 1 N–H and O–H groups in total. The van der Waals surface area contributed by atoms with Crippen molar-refractivity contribution in [2.24, 2.45) is 0 Å². The Morgan fingerprint density at radius 1 is 0.771 bits per heavy atom. The van der Waals surface area contributed by atoms with Gasteiger partial charge in [0.25, 0.3) is 3.79 Å². The molecule has 5 atom stereocenters. The molecule has 4 rings (SSSR count). The van der Waals surface area contributed by atoms with E-state index in [1.807, 2.05) is 12.1 Å². The number of ether oxygens (including phenoxy) is 8. The highest BCUT2D eigenvalue weighted by Crippen LogP contribution is 2.34. The van der Waals surface area contributed by atoms with Gasteiger partial charge in [-0.2, -0.15) is 0 Å². The van der Waals surface area contributed by atoms with Crippen LogP contribution in [0.4, 0.5) is 0 Å². The zero-order chi connectivity index (χ0) is 34.7. The Bertz CT molecular complexity index is 1490. The minimum Gasteiger partial charge on any atom is -0.497 e. The Morgan fingerprint density at radius 3 is 1.90 bits per heavy atom. The molecule has 0 aromatic heterocycles. The van der Waals surface area contributed by atoms with Crippen molar-refractivity contribution in [3.05, 3.63) is 95.6 Å². The maximum absolute atomic E-state index is 13.4. The second-order valence-corrected chi connectivity index (χ2v) is 12.8. The zero-order valence-corrected chi connectivity index (χ0v) is 28.8. The standard InChI is InChI=1S/C33H33Cl4NO10/c1-41-23-12-8-20(9-13-23)17-43-19-25-27(46-26(39)16-34)28(44-18-21-10-14-24(42-2)15-11-21)29(31(45-25)48-32(38)33(35,36)37)47-30(40)22-6-4-3-5-7-22/h3-15,25,27-29,31,38H,16-19H2,1-2H3/t25-,27-,28+,29-,31+/m1/s1. The number of carbonyl (C=O) groups is 2. The van der Waals surface area contributed by atoms with Gasteiger partial charge in [0.05, 0.1) is 39.6 Å². The van der Waals surface area contributed by atoms with Crippen molar-refractivity contribution in [1.82, 2.24) is 0 Å². The molecule has 0 radical (unpaired) electrons. The van der Waals surface area contributed by atoms with Gasteiger partial charge in [-0.1, -0.05) is 77.3 Å². The lowest BCUT2D eigenvalue weighted by Crippen LogP contribution is -2.63. The smallest absolute Gasteiger partial charge is 0.338 e. The molecule has 0 unspecified atom stereocenters. The molecular formula is C33H33Cl4NO10. The fraction of sp³-hybridized carbons (Fsp3) is 0.364. The van der Waals surface area contributed by atoms with Crippen LogP contribution in [-0.4, -0.2) is 79.0 Å². The van der Waals surface area contributed by atoms with Gasteiger partial charge < -0.3 is 37.9 Å². The van der Waals surface area contributed by atoms with Gasteiger partial charge in [-0.15, -0.1) is 11.6 Å². The van der Waals surface area contributed by atoms with Crippen LogP contribution >= 0.6 is 46.4 Å². The number of esters is 2. The third kappa shape index (κ3) is 10.6. The van der Waals surface area contributed by atoms with E-state index in [1.165, 1.54) is 0 Å².